The van der Waals surface area contributed by atoms with Crippen LogP contribution in [0.3, 0.4) is 0 Å². The van der Waals surface area contributed by atoms with Crippen molar-refractivity contribution in [3.05, 3.63) is 29.6 Å². The summed E-state index contributed by atoms with van der Waals surface area (Å²) < 4.78 is 42.3. The lowest BCUT2D eigenvalue weighted by atomic mass is 10.2. The third-order valence-corrected chi connectivity index (χ3v) is 4.06. The monoisotopic (exact) mass is 290 g/mol. The third-order valence-electron chi connectivity index (χ3n) is 2.36. The van der Waals surface area contributed by atoms with Crippen molar-refractivity contribution < 1.29 is 27.4 Å². The number of ether oxygens (including phenoxy) is 1. The van der Waals surface area contributed by atoms with Gasteiger partial charge in [0.1, 0.15) is 10.7 Å². The van der Waals surface area contributed by atoms with Crippen molar-refractivity contribution in [2.45, 2.75) is 18.2 Å². The normalized spacial score (nSPS) is 11.5. The molecule has 0 aliphatic heterocycles. The van der Waals surface area contributed by atoms with Crippen LogP contribution >= 0.6 is 0 Å². The van der Waals surface area contributed by atoms with Crippen LogP contribution in [0.2, 0.25) is 0 Å². The van der Waals surface area contributed by atoms with Gasteiger partial charge in [-0.15, -0.1) is 0 Å². The molecule has 0 aliphatic rings. The van der Waals surface area contributed by atoms with Crippen molar-refractivity contribution in [3.63, 3.8) is 0 Å². The molecule has 0 radical (unpaired) electrons. The van der Waals surface area contributed by atoms with Gasteiger partial charge < -0.3 is 9.84 Å². The Labute approximate surface area is 110 Å². The van der Waals surface area contributed by atoms with Gasteiger partial charge in [-0.1, -0.05) is 6.92 Å². The maximum atomic E-state index is 13.6. The highest BCUT2D eigenvalue weighted by atomic mass is 32.2. The fraction of sp³-hybridized carbons (Fsp3) is 0.417. The number of hydrogen-bond donors (Lipinski definition) is 1. The van der Waals surface area contributed by atoms with E-state index < -0.39 is 26.5 Å². The van der Waals surface area contributed by atoms with Crippen molar-refractivity contribution in [2.75, 3.05) is 19.0 Å². The molecule has 1 aromatic rings. The Hall–Kier alpha value is -1.47. The molecule has 5 nitrogen and oxygen atoms in total. The van der Waals surface area contributed by atoms with Crippen LogP contribution in [0.1, 0.15) is 23.7 Å². The molecule has 0 spiro atoms. The van der Waals surface area contributed by atoms with Crippen LogP contribution < -0.4 is 0 Å². The van der Waals surface area contributed by atoms with Crippen LogP contribution in [-0.4, -0.2) is 38.5 Å². The zero-order valence-electron chi connectivity index (χ0n) is 10.4. The predicted octanol–water partition coefficient (Wildman–Crippen LogP) is 1.72. The minimum absolute atomic E-state index is 0.0176. The molecule has 0 saturated carbocycles. The second kappa shape index (κ2) is 6.63. The van der Waals surface area contributed by atoms with E-state index in [0.29, 0.717) is 12.7 Å². The maximum Gasteiger partial charge on any atom is 0.335 e. The lowest BCUT2D eigenvalue weighted by Crippen LogP contribution is -2.14. The van der Waals surface area contributed by atoms with Crippen molar-refractivity contribution >= 4 is 15.8 Å². The molecule has 106 valence electrons. The van der Waals surface area contributed by atoms with Crippen LogP contribution in [0.15, 0.2) is 23.1 Å². The van der Waals surface area contributed by atoms with Gasteiger partial charge in [0.2, 0.25) is 0 Å². The number of carboxylic acids is 1. The molecule has 0 heterocycles. The number of benzene rings is 1. The highest BCUT2D eigenvalue weighted by Gasteiger charge is 2.20. The summed E-state index contributed by atoms with van der Waals surface area (Å²) in [5, 5.41) is 8.67. The van der Waals surface area contributed by atoms with E-state index in [0.717, 1.165) is 18.6 Å². The largest absolute Gasteiger partial charge is 0.478 e. The van der Waals surface area contributed by atoms with E-state index in [1.165, 1.54) is 0 Å². The lowest BCUT2D eigenvalue weighted by Gasteiger charge is -2.07. The average Bonchev–Trinajstić information content (AvgIpc) is 2.34. The molecule has 1 aromatic carbocycles. The topological polar surface area (TPSA) is 80.7 Å². The molecule has 1 N–H and O–H groups in total. The summed E-state index contributed by atoms with van der Waals surface area (Å²) in [6.45, 7) is 2.31. The highest BCUT2D eigenvalue weighted by molar-refractivity contribution is 7.91. The molecular formula is C12H15FO5S. The minimum Gasteiger partial charge on any atom is -0.478 e. The van der Waals surface area contributed by atoms with Crippen molar-refractivity contribution in [1.82, 2.24) is 0 Å². The molecule has 7 heteroatoms. The maximum absolute atomic E-state index is 13.6. The van der Waals surface area contributed by atoms with Gasteiger partial charge in [0.05, 0.1) is 17.9 Å². The molecule has 0 unspecified atom stereocenters. The molecule has 19 heavy (non-hydrogen) atoms. The molecule has 0 fully saturated rings. The SMILES string of the molecule is CCCOCCS(=O)(=O)c1ccc(C(=O)O)cc1F. The van der Waals surface area contributed by atoms with Gasteiger partial charge in [-0.2, -0.15) is 0 Å². The molecule has 0 aliphatic carbocycles. The van der Waals surface area contributed by atoms with Crippen molar-refractivity contribution in [2.24, 2.45) is 0 Å². The average molecular weight is 290 g/mol. The number of carboxylic acid groups (broad SMARTS) is 1. The number of carbonyl (C=O) groups is 1. The Kier molecular flexibility index (Phi) is 5.44. The first-order chi connectivity index (χ1) is 8.88. The molecule has 0 amide bonds. The van der Waals surface area contributed by atoms with Gasteiger partial charge in [-0.05, 0) is 24.6 Å². The summed E-state index contributed by atoms with van der Waals surface area (Å²) in [5.74, 6) is -2.71. The Morgan fingerprint density at radius 2 is 2.05 bits per heavy atom. The molecule has 0 bridgehead atoms. The number of rotatable bonds is 7. The first kappa shape index (κ1) is 15.6. The first-order valence-electron chi connectivity index (χ1n) is 5.72. The van der Waals surface area contributed by atoms with Gasteiger partial charge >= 0.3 is 5.97 Å². The fourth-order valence-corrected chi connectivity index (χ4v) is 2.60. The van der Waals surface area contributed by atoms with E-state index in [9.17, 15) is 17.6 Å². The minimum atomic E-state index is -3.81. The van der Waals surface area contributed by atoms with Crippen LogP contribution in [0, 0.1) is 5.82 Å². The Morgan fingerprint density at radius 3 is 2.58 bits per heavy atom. The van der Waals surface area contributed by atoms with Gasteiger partial charge in [0.25, 0.3) is 0 Å². The summed E-state index contributed by atoms with van der Waals surface area (Å²) in [6.07, 6.45) is 0.766. The second-order valence-electron chi connectivity index (χ2n) is 3.88. The quantitative estimate of drug-likeness (QED) is 0.773. The van der Waals surface area contributed by atoms with Crippen LogP contribution in [0.25, 0.3) is 0 Å². The van der Waals surface area contributed by atoms with E-state index in [1.807, 2.05) is 6.92 Å². The van der Waals surface area contributed by atoms with E-state index in [4.69, 9.17) is 9.84 Å². The predicted molar refractivity (Wildman–Crippen MR) is 66.5 cm³/mol. The summed E-state index contributed by atoms with van der Waals surface area (Å²) >= 11 is 0. The number of halogens is 1. The zero-order chi connectivity index (χ0) is 14.5. The fourth-order valence-electron chi connectivity index (χ4n) is 1.41. The van der Waals surface area contributed by atoms with Gasteiger partial charge in [0.15, 0.2) is 9.84 Å². The summed E-state index contributed by atoms with van der Waals surface area (Å²) in [6, 6.07) is 2.72. The molecule has 0 aromatic heterocycles. The number of sulfone groups is 1. The Balaban J connectivity index is 2.87. The van der Waals surface area contributed by atoms with Crippen LogP contribution in [-0.2, 0) is 14.6 Å². The first-order valence-corrected chi connectivity index (χ1v) is 7.37. The van der Waals surface area contributed by atoms with Gasteiger partial charge in [-0.25, -0.2) is 17.6 Å². The summed E-state index contributed by atoms with van der Waals surface area (Å²) in [4.78, 5) is 10.1. The Bertz CT molecular complexity index is 553. The standard InChI is InChI=1S/C12H15FO5S/c1-2-5-18-6-7-19(16,17)11-4-3-9(12(14)15)8-10(11)13/h3-4,8H,2,5-7H2,1H3,(H,14,15). The van der Waals surface area contributed by atoms with Crippen molar-refractivity contribution in [1.29, 1.82) is 0 Å². The van der Waals surface area contributed by atoms with Crippen LogP contribution in [0.4, 0.5) is 4.39 Å². The Morgan fingerprint density at radius 1 is 1.37 bits per heavy atom. The highest BCUT2D eigenvalue weighted by Crippen LogP contribution is 2.17. The molecular weight excluding hydrogens is 275 g/mol. The van der Waals surface area contributed by atoms with Crippen LogP contribution in [0.5, 0.6) is 0 Å². The molecule has 0 saturated heterocycles. The zero-order valence-corrected chi connectivity index (χ0v) is 11.2. The lowest BCUT2D eigenvalue weighted by molar-refractivity contribution is 0.0696. The molecule has 1 rings (SSSR count). The third kappa shape index (κ3) is 4.29. The summed E-state index contributed by atoms with van der Waals surface area (Å²) in [7, 11) is -3.81. The van der Waals surface area contributed by atoms with Gasteiger partial charge in [0, 0.05) is 6.61 Å². The van der Waals surface area contributed by atoms with E-state index in [-0.39, 0.29) is 17.9 Å². The smallest absolute Gasteiger partial charge is 0.335 e. The van der Waals surface area contributed by atoms with E-state index in [1.54, 1.807) is 0 Å². The second-order valence-corrected chi connectivity index (χ2v) is 5.96. The van der Waals surface area contributed by atoms with E-state index >= 15 is 0 Å². The molecule has 0 atom stereocenters. The summed E-state index contributed by atoms with van der Waals surface area (Å²) in [5.41, 5.74) is -0.293. The van der Waals surface area contributed by atoms with E-state index in [2.05, 4.69) is 0 Å². The van der Waals surface area contributed by atoms with Gasteiger partial charge in [-0.3, -0.25) is 0 Å². The number of hydrogen-bond acceptors (Lipinski definition) is 4. The van der Waals surface area contributed by atoms with Crippen molar-refractivity contribution in [3.8, 4) is 0 Å². The number of aromatic carboxylic acids is 1.